The van der Waals surface area contributed by atoms with Gasteiger partial charge in [-0.25, -0.2) is 0 Å². The topological polar surface area (TPSA) is 39.7 Å². The summed E-state index contributed by atoms with van der Waals surface area (Å²) in [6.07, 6.45) is 2.35. The van der Waals surface area contributed by atoms with Crippen molar-refractivity contribution < 1.29 is 14.3 Å². The van der Waals surface area contributed by atoms with Crippen LogP contribution in [0.25, 0.3) is 0 Å². The number of hydrogen-bond donors (Lipinski definition) is 1. The van der Waals surface area contributed by atoms with Crippen molar-refractivity contribution in [2.75, 3.05) is 6.61 Å². The number of ether oxygens (including phenoxy) is 2. The first-order valence-electron chi connectivity index (χ1n) is 7.48. The fourth-order valence-corrected chi connectivity index (χ4v) is 1.76. The molecular formula is C17H27NO3. The van der Waals surface area contributed by atoms with E-state index in [0.717, 1.165) is 30.0 Å². The Labute approximate surface area is 128 Å². The zero-order chi connectivity index (χ0) is 15.7. The molecule has 0 aliphatic heterocycles. The van der Waals surface area contributed by atoms with Crippen LogP contribution in [0.2, 0.25) is 0 Å². The average molecular weight is 293 g/mol. The van der Waals surface area contributed by atoms with Gasteiger partial charge in [-0.1, -0.05) is 19.9 Å². The number of nitrogens with one attached hydrogen (secondary N) is 1. The fourth-order valence-electron chi connectivity index (χ4n) is 1.76. The van der Waals surface area contributed by atoms with Crippen molar-refractivity contribution in [2.45, 2.75) is 52.7 Å². The van der Waals surface area contributed by atoms with Crippen molar-refractivity contribution >= 4 is 0 Å². The Balaban J connectivity index is 2.35. The summed E-state index contributed by atoms with van der Waals surface area (Å²) in [5.41, 5.74) is 3.50. The minimum Gasteiger partial charge on any atom is -0.491 e. The summed E-state index contributed by atoms with van der Waals surface area (Å²) in [4.78, 5) is 5.33. The highest BCUT2D eigenvalue weighted by Crippen LogP contribution is 2.19. The monoisotopic (exact) mass is 293 g/mol. The van der Waals surface area contributed by atoms with Crippen LogP contribution in [0.5, 0.6) is 11.5 Å². The molecule has 2 atom stereocenters. The molecule has 2 unspecified atom stereocenters. The van der Waals surface area contributed by atoms with Gasteiger partial charge in [-0.3, -0.25) is 10.3 Å². The van der Waals surface area contributed by atoms with Gasteiger partial charge in [0.05, 0.1) is 6.10 Å². The minimum atomic E-state index is -0.0674. The average Bonchev–Trinajstić information content (AvgIpc) is 2.44. The molecule has 0 heterocycles. The Hall–Kier alpha value is -1.68. The SMILES string of the molecule is C=C(C)NOC(C)COc1ccc(OC(C)CCC)cc1. The standard InChI is InChI=1S/C17H27NO3/c1-6-7-14(4)20-17-10-8-16(9-11-17)19-12-15(5)21-18-13(2)3/h8-11,14-15,18H,2,6-7,12H2,1,3-5H3. The summed E-state index contributed by atoms with van der Waals surface area (Å²) >= 11 is 0. The van der Waals surface area contributed by atoms with Gasteiger partial charge < -0.3 is 9.47 Å². The van der Waals surface area contributed by atoms with Crippen molar-refractivity contribution in [2.24, 2.45) is 0 Å². The van der Waals surface area contributed by atoms with Crippen LogP contribution >= 0.6 is 0 Å². The fraction of sp³-hybridized carbons (Fsp3) is 0.529. The maximum atomic E-state index is 5.80. The van der Waals surface area contributed by atoms with Crippen LogP contribution in [0, 0.1) is 0 Å². The molecule has 0 saturated heterocycles. The highest BCUT2D eigenvalue weighted by Gasteiger charge is 2.05. The van der Waals surface area contributed by atoms with Gasteiger partial charge in [0, 0.05) is 5.70 Å². The molecule has 1 aromatic rings. The van der Waals surface area contributed by atoms with E-state index in [4.69, 9.17) is 14.3 Å². The zero-order valence-electron chi connectivity index (χ0n) is 13.5. The Kier molecular flexibility index (Phi) is 7.69. The molecule has 0 aliphatic carbocycles. The highest BCUT2D eigenvalue weighted by atomic mass is 16.7. The van der Waals surface area contributed by atoms with E-state index in [1.165, 1.54) is 0 Å². The first-order valence-corrected chi connectivity index (χ1v) is 7.48. The molecule has 0 aromatic heterocycles. The van der Waals surface area contributed by atoms with Crippen molar-refractivity contribution in [1.82, 2.24) is 5.48 Å². The number of hydrogen-bond acceptors (Lipinski definition) is 4. The summed E-state index contributed by atoms with van der Waals surface area (Å²) in [5.74, 6) is 1.67. The van der Waals surface area contributed by atoms with E-state index in [-0.39, 0.29) is 12.2 Å². The van der Waals surface area contributed by atoms with Crippen molar-refractivity contribution in [3.8, 4) is 11.5 Å². The zero-order valence-corrected chi connectivity index (χ0v) is 13.5. The maximum absolute atomic E-state index is 5.80. The summed E-state index contributed by atoms with van der Waals surface area (Å²) in [5, 5.41) is 0. The lowest BCUT2D eigenvalue weighted by Gasteiger charge is -2.16. The second-order valence-electron chi connectivity index (χ2n) is 5.31. The largest absolute Gasteiger partial charge is 0.491 e. The van der Waals surface area contributed by atoms with Gasteiger partial charge in [-0.05, 0) is 51.5 Å². The van der Waals surface area contributed by atoms with Crippen molar-refractivity contribution in [3.63, 3.8) is 0 Å². The van der Waals surface area contributed by atoms with E-state index in [1.807, 2.05) is 38.1 Å². The molecule has 0 amide bonds. The predicted molar refractivity (Wildman–Crippen MR) is 85.4 cm³/mol. The van der Waals surface area contributed by atoms with Crippen molar-refractivity contribution in [1.29, 1.82) is 0 Å². The third-order valence-electron chi connectivity index (χ3n) is 2.78. The second kappa shape index (κ2) is 9.29. The molecule has 1 N–H and O–H groups in total. The molecule has 0 radical (unpaired) electrons. The molecule has 4 nitrogen and oxygen atoms in total. The molecule has 1 aromatic carbocycles. The van der Waals surface area contributed by atoms with Gasteiger partial charge in [-0.2, -0.15) is 0 Å². The van der Waals surface area contributed by atoms with Crippen LogP contribution in [0.1, 0.15) is 40.5 Å². The second-order valence-corrected chi connectivity index (χ2v) is 5.31. The Morgan fingerprint density at radius 2 is 1.76 bits per heavy atom. The number of rotatable bonds is 10. The van der Waals surface area contributed by atoms with E-state index in [2.05, 4.69) is 25.9 Å². The van der Waals surface area contributed by atoms with E-state index in [1.54, 1.807) is 0 Å². The number of hydroxylamine groups is 1. The number of benzene rings is 1. The molecule has 0 bridgehead atoms. The lowest BCUT2D eigenvalue weighted by Crippen LogP contribution is -2.25. The molecule has 0 fully saturated rings. The van der Waals surface area contributed by atoms with Crippen LogP contribution in [-0.2, 0) is 4.84 Å². The minimum absolute atomic E-state index is 0.0674. The quantitative estimate of drug-likeness (QED) is 0.660. The smallest absolute Gasteiger partial charge is 0.119 e. The Morgan fingerprint density at radius 3 is 2.33 bits per heavy atom. The van der Waals surface area contributed by atoms with Crippen LogP contribution in [0.4, 0.5) is 0 Å². The molecule has 4 heteroatoms. The predicted octanol–water partition coefficient (Wildman–Crippen LogP) is 4.08. The summed E-state index contributed by atoms with van der Waals surface area (Å²) in [7, 11) is 0. The van der Waals surface area contributed by atoms with E-state index < -0.39 is 0 Å². The van der Waals surface area contributed by atoms with Gasteiger partial charge in [0.2, 0.25) is 0 Å². The lowest BCUT2D eigenvalue weighted by atomic mass is 10.2. The van der Waals surface area contributed by atoms with Gasteiger partial charge in [0.25, 0.3) is 0 Å². The normalized spacial score (nSPS) is 13.3. The van der Waals surface area contributed by atoms with Gasteiger partial charge in [0.15, 0.2) is 0 Å². The molecule has 0 aliphatic rings. The van der Waals surface area contributed by atoms with Crippen LogP contribution in [-0.4, -0.2) is 18.8 Å². The lowest BCUT2D eigenvalue weighted by molar-refractivity contribution is -0.0201. The van der Waals surface area contributed by atoms with Gasteiger partial charge >= 0.3 is 0 Å². The Bertz CT molecular complexity index is 417. The molecule has 1 rings (SSSR count). The molecule has 0 saturated carbocycles. The van der Waals surface area contributed by atoms with Crippen LogP contribution in [0.3, 0.4) is 0 Å². The summed E-state index contributed by atoms with van der Waals surface area (Å²) in [6, 6.07) is 7.68. The van der Waals surface area contributed by atoms with E-state index in [9.17, 15) is 0 Å². The summed E-state index contributed by atoms with van der Waals surface area (Å²) in [6.45, 7) is 12.2. The molecular weight excluding hydrogens is 266 g/mol. The van der Waals surface area contributed by atoms with E-state index >= 15 is 0 Å². The molecule has 118 valence electrons. The third-order valence-corrected chi connectivity index (χ3v) is 2.78. The van der Waals surface area contributed by atoms with Crippen molar-refractivity contribution in [3.05, 3.63) is 36.5 Å². The first kappa shape index (κ1) is 17.4. The number of allylic oxidation sites excluding steroid dienone is 1. The van der Waals surface area contributed by atoms with Gasteiger partial charge in [-0.15, -0.1) is 0 Å². The van der Waals surface area contributed by atoms with Crippen LogP contribution in [0.15, 0.2) is 36.5 Å². The van der Waals surface area contributed by atoms with Gasteiger partial charge in [0.1, 0.15) is 24.2 Å². The third kappa shape index (κ3) is 7.61. The highest BCUT2D eigenvalue weighted by molar-refractivity contribution is 5.31. The van der Waals surface area contributed by atoms with Crippen LogP contribution < -0.4 is 15.0 Å². The van der Waals surface area contributed by atoms with E-state index in [0.29, 0.717) is 6.61 Å². The summed E-state index contributed by atoms with van der Waals surface area (Å²) < 4.78 is 11.5. The first-order chi connectivity index (χ1) is 10.0. The molecule has 0 spiro atoms. The maximum Gasteiger partial charge on any atom is 0.119 e. The molecule has 21 heavy (non-hydrogen) atoms. The Morgan fingerprint density at radius 1 is 1.14 bits per heavy atom.